The van der Waals surface area contributed by atoms with Crippen molar-refractivity contribution in [3.05, 3.63) is 18.6 Å². The summed E-state index contributed by atoms with van der Waals surface area (Å²) < 4.78 is 0. The first-order valence-corrected chi connectivity index (χ1v) is 4.13. The van der Waals surface area contributed by atoms with E-state index in [0.29, 0.717) is 6.42 Å². The second kappa shape index (κ2) is 4.55. The number of hydrogen-bond donors (Lipinski definition) is 1. The first kappa shape index (κ1) is 10.7. The number of aliphatic hydroxyl groups is 1. The molecule has 0 aliphatic carbocycles. The molecule has 0 aliphatic heterocycles. The molecule has 1 N–H and O–H groups in total. The van der Waals surface area contributed by atoms with Crippen molar-refractivity contribution in [2.24, 2.45) is 0 Å². The molecular weight excluding hydrogens is 136 g/mol. The van der Waals surface area contributed by atoms with Crippen LogP contribution in [0.1, 0.15) is 40.0 Å². The van der Waals surface area contributed by atoms with Gasteiger partial charge in [-0.1, -0.05) is 18.6 Å². The Labute approximate surface area is 70.1 Å². The van der Waals surface area contributed by atoms with Crippen LogP contribution >= 0.6 is 0 Å². The highest BCUT2D eigenvalue weighted by Crippen LogP contribution is 2.16. The fourth-order valence-electron chi connectivity index (χ4n) is 0.797. The minimum Gasteiger partial charge on any atom is -0.390 e. The van der Waals surface area contributed by atoms with Crippen molar-refractivity contribution < 1.29 is 5.11 Å². The van der Waals surface area contributed by atoms with Crippen LogP contribution < -0.4 is 0 Å². The lowest BCUT2D eigenvalue weighted by atomic mass is 9.97. The molecule has 0 saturated heterocycles. The van der Waals surface area contributed by atoms with Gasteiger partial charge >= 0.3 is 0 Å². The van der Waals surface area contributed by atoms with Gasteiger partial charge in [-0.15, -0.1) is 0 Å². The van der Waals surface area contributed by atoms with Gasteiger partial charge in [0.15, 0.2) is 0 Å². The second-order valence-electron chi connectivity index (χ2n) is 3.57. The molecule has 0 aliphatic rings. The van der Waals surface area contributed by atoms with Crippen molar-refractivity contribution in [2.75, 3.05) is 0 Å². The molecule has 0 aromatic rings. The first-order valence-electron chi connectivity index (χ1n) is 4.13. The van der Waals surface area contributed by atoms with E-state index in [9.17, 15) is 5.11 Å². The fraction of sp³-hybridized carbons (Fsp3) is 0.700. The molecule has 0 amide bonds. The number of rotatable bonds is 4. The van der Waals surface area contributed by atoms with E-state index >= 15 is 0 Å². The van der Waals surface area contributed by atoms with Gasteiger partial charge in [-0.05, 0) is 40.0 Å². The Kier molecular flexibility index (Phi) is 4.43. The van der Waals surface area contributed by atoms with Gasteiger partial charge in [-0.25, -0.2) is 0 Å². The second-order valence-corrected chi connectivity index (χ2v) is 3.57. The Bertz CT molecular complexity index is 130. The van der Waals surface area contributed by atoms with Gasteiger partial charge in [0.25, 0.3) is 0 Å². The van der Waals surface area contributed by atoms with E-state index in [1.807, 2.05) is 6.92 Å². The molecule has 1 heteroatoms. The van der Waals surface area contributed by atoms with Crippen molar-refractivity contribution >= 4 is 0 Å². The molecule has 1 atom stereocenters. The van der Waals surface area contributed by atoms with Gasteiger partial charge in [0.05, 0.1) is 5.60 Å². The van der Waals surface area contributed by atoms with Crippen LogP contribution in [-0.2, 0) is 0 Å². The zero-order chi connectivity index (χ0) is 8.91. The highest BCUT2D eigenvalue weighted by molar-refractivity contribution is 4.94. The highest BCUT2D eigenvalue weighted by Gasteiger charge is 2.15. The number of allylic oxidation sites excluding steroid dienone is 2. The van der Waals surface area contributed by atoms with E-state index in [1.165, 1.54) is 5.57 Å². The van der Waals surface area contributed by atoms with Crippen molar-refractivity contribution in [2.45, 2.75) is 45.6 Å². The van der Waals surface area contributed by atoms with E-state index in [0.717, 1.165) is 12.8 Å². The van der Waals surface area contributed by atoms with E-state index < -0.39 is 5.60 Å². The fourth-order valence-corrected chi connectivity index (χ4v) is 0.797. The minimum absolute atomic E-state index is 0.577. The third-order valence-electron chi connectivity index (χ3n) is 1.77. The maximum atomic E-state index is 9.54. The van der Waals surface area contributed by atoms with Gasteiger partial charge in [0.1, 0.15) is 0 Å². The van der Waals surface area contributed by atoms with E-state index in [-0.39, 0.29) is 0 Å². The van der Waals surface area contributed by atoms with E-state index in [4.69, 9.17) is 0 Å². The molecule has 0 spiro atoms. The average molecular weight is 155 g/mol. The molecule has 1 unspecified atom stereocenters. The molecule has 1 nitrogen and oxygen atoms in total. The van der Waals surface area contributed by atoms with E-state index in [2.05, 4.69) is 26.8 Å². The summed E-state index contributed by atoms with van der Waals surface area (Å²) in [7, 11) is 0. The van der Waals surface area contributed by atoms with Crippen LogP contribution in [0, 0.1) is 6.92 Å². The lowest BCUT2D eigenvalue weighted by Gasteiger charge is -2.19. The van der Waals surface area contributed by atoms with E-state index in [1.54, 1.807) is 0 Å². The average Bonchev–Trinajstić information content (AvgIpc) is 1.87. The summed E-state index contributed by atoms with van der Waals surface area (Å²) in [6, 6.07) is 0. The van der Waals surface area contributed by atoms with Crippen molar-refractivity contribution in [1.29, 1.82) is 0 Å². The molecule has 1 radical (unpaired) electrons. The molecule has 0 bridgehead atoms. The van der Waals surface area contributed by atoms with Crippen LogP contribution in [0.2, 0.25) is 0 Å². The predicted molar refractivity (Wildman–Crippen MR) is 49.3 cm³/mol. The molecule has 0 saturated carbocycles. The third kappa shape index (κ3) is 6.11. The summed E-state index contributed by atoms with van der Waals surface area (Å²) in [4.78, 5) is 0. The first-order chi connectivity index (χ1) is 4.98. The molecular formula is C10H19O. The molecule has 0 aromatic carbocycles. The van der Waals surface area contributed by atoms with Crippen LogP contribution in [0.3, 0.4) is 0 Å². The van der Waals surface area contributed by atoms with Crippen molar-refractivity contribution in [1.82, 2.24) is 0 Å². The zero-order valence-corrected chi connectivity index (χ0v) is 7.85. The lowest BCUT2D eigenvalue weighted by Crippen LogP contribution is -2.21. The summed E-state index contributed by atoms with van der Waals surface area (Å²) in [5, 5.41) is 9.54. The van der Waals surface area contributed by atoms with Gasteiger partial charge in [0.2, 0.25) is 0 Å². The monoisotopic (exact) mass is 155 g/mol. The normalized spacial score (nSPS) is 15.7. The molecule has 0 aromatic heterocycles. The van der Waals surface area contributed by atoms with Gasteiger partial charge in [0, 0.05) is 0 Å². The van der Waals surface area contributed by atoms with Crippen LogP contribution in [0.15, 0.2) is 11.6 Å². The van der Waals surface area contributed by atoms with Gasteiger partial charge in [-0.3, -0.25) is 0 Å². The summed E-state index contributed by atoms with van der Waals surface area (Å²) in [5.41, 5.74) is 0.733. The minimum atomic E-state index is -0.577. The number of hydrogen-bond acceptors (Lipinski definition) is 1. The maximum absolute atomic E-state index is 9.54. The zero-order valence-electron chi connectivity index (χ0n) is 7.85. The lowest BCUT2D eigenvalue weighted by molar-refractivity contribution is 0.0543. The maximum Gasteiger partial charge on any atom is 0.0622 e. The molecule has 0 fully saturated rings. The molecule has 0 heterocycles. The Morgan fingerprint density at radius 3 is 2.45 bits per heavy atom. The van der Waals surface area contributed by atoms with Crippen LogP contribution in [0.4, 0.5) is 0 Å². The third-order valence-corrected chi connectivity index (χ3v) is 1.77. The van der Waals surface area contributed by atoms with Crippen LogP contribution in [0.25, 0.3) is 0 Å². The summed E-state index contributed by atoms with van der Waals surface area (Å²) >= 11 is 0. The van der Waals surface area contributed by atoms with Crippen LogP contribution in [0.5, 0.6) is 0 Å². The largest absolute Gasteiger partial charge is 0.390 e. The smallest absolute Gasteiger partial charge is 0.0622 e. The summed E-state index contributed by atoms with van der Waals surface area (Å²) in [6.45, 7) is 9.65. The van der Waals surface area contributed by atoms with Gasteiger partial charge < -0.3 is 5.11 Å². The molecule has 0 rings (SSSR count). The van der Waals surface area contributed by atoms with Crippen LogP contribution in [-0.4, -0.2) is 10.7 Å². The van der Waals surface area contributed by atoms with Gasteiger partial charge in [-0.2, -0.15) is 0 Å². The highest BCUT2D eigenvalue weighted by atomic mass is 16.3. The Balaban J connectivity index is 3.62. The molecule has 11 heavy (non-hydrogen) atoms. The van der Waals surface area contributed by atoms with Crippen molar-refractivity contribution in [3.63, 3.8) is 0 Å². The van der Waals surface area contributed by atoms with Crippen molar-refractivity contribution in [3.8, 4) is 0 Å². The Morgan fingerprint density at radius 1 is 1.55 bits per heavy atom. The standard InChI is InChI=1S/C10H19O/c1-5-10(4,11)8-6-7-9(2)3/h7,11H,1,5-6,8H2,2-4H3. The Morgan fingerprint density at radius 2 is 2.09 bits per heavy atom. The predicted octanol–water partition coefficient (Wildman–Crippen LogP) is 2.71. The Hall–Kier alpha value is -0.300. The summed E-state index contributed by atoms with van der Waals surface area (Å²) in [5.74, 6) is 0. The topological polar surface area (TPSA) is 20.2 Å². The summed E-state index contributed by atoms with van der Waals surface area (Å²) in [6.07, 6.45) is 4.49. The quantitative estimate of drug-likeness (QED) is 0.619. The molecule has 65 valence electrons. The SMILES string of the molecule is [CH2]CC(C)(O)CCC=C(C)C.